The number of hydrazone groups is 1. The summed E-state index contributed by atoms with van der Waals surface area (Å²) in [5, 5.41) is 5.12. The fraction of sp³-hybridized carbons (Fsp3) is 0.200. The Morgan fingerprint density at radius 2 is 1.57 bits per heavy atom. The summed E-state index contributed by atoms with van der Waals surface area (Å²) in [4.78, 5) is 13.0. The van der Waals surface area contributed by atoms with Crippen LogP contribution in [0.5, 0.6) is 11.5 Å². The van der Waals surface area contributed by atoms with E-state index < -0.39 is 22.5 Å². The number of benzene rings is 3. The van der Waals surface area contributed by atoms with Crippen molar-refractivity contribution in [3.05, 3.63) is 99.3 Å². The van der Waals surface area contributed by atoms with E-state index in [2.05, 4.69) is 10.5 Å². The molecule has 0 aliphatic rings. The molecule has 0 radical (unpaired) electrons. The van der Waals surface area contributed by atoms with Crippen LogP contribution < -0.4 is 19.2 Å². The maximum atomic E-state index is 13.8. The maximum absolute atomic E-state index is 13.8. The van der Waals surface area contributed by atoms with E-state index in [4.69, 9.17) is 32.7 Å². The number of sulfonamides is 1. The van der Waals surface area contributed by atoms with Gasteiger partial charge < -0.3 is 14.0 Å². The van der Waals surface area contributed by atoms with Crippen molar-refractivity contribution >= 4 is 51.0 Å². The summed E-state index contributed by atoms with van der Waals surface area (Å²) in [5.74, 6) is -0.0105. The van der Waals surface area contributed by atoms with Crippen LogP contribution in [0.3, 0.4) is 0 Å². The van der Waals surface area contributed by atoms with Gasteiger partial charge in [-0.1, -0.05) is 40.9 Å². The number of anilines is 1. The third kappa shape index (κ3) is 6.73. The zero-order valence-electron chi connectivity index (χ0n) is 23.7. The predicted octanol–water partition coefficient (Wildman–Crippen LogP) is 6.07. The van der Waals surface area contributed by atoms with E-state index in [0.717, 1.165) is 32.5 Å². The molecule has 4 rings (SSSR count). The van der Waals surface area contributed by atoms with E-state index in [1.54, 1.807) is 42.5 Å². The summed E-state index contributed by atoms with van der Waals surface area (Å²) in [6.07, 6.45) is 1.50. The van der Waals surface area contributed by atoms with Crippen molar-refractivity contribution in [1.29, 1.82) is 0 Å². The molecule has 0 saturated carbocycles. The highest BCUT2D eigenvalue weighted by atomic mass is 35.5. The van der Waals surface area contributed by atoms with Gasteiger partial charge in [-0.2, -0.15) is 5.10 Å². The van der Waals surface area contributed by atoms with Gasteiger partial charge in [0.25, 0.3) is 15.9 Å². The molecule has 0 atom stereocenters. The van der Waals surface area contributed by atoms with Gasteiger partial charge in [0, 0.05) is 38.8 Å². The molecule has 1 N–H and O–H groups in total. The van der Waals surface area contributed by atoms with Crippen molar-refractivity contribution in [3.63, 3.8) is 0 Å². The molecule has 9 nitrogen and oxygen atoms in total. The normalized spacial score (nSPS) is 11.5. The SMILES string of the molecule is COc1ccc(S(=O)(=O)N(CC(=O)N/N=C\c2cc(C)n(-c3cc(Cl)cc(Cl)c3)c2C)c2ccc(C)cc2)cc1OC. The summed E-state index contributed by atoms with van der Waals surface area (Å²) >= 11 is 12.4. The van der Waals surface area contributed by atoms with Crippen LogP contribution in [0, 0.1) is 20.8 Å². The Balaban J connectivity index is 1.59. The molecule has 1 aromatic heterocycles. The first-order valence-electron chi connectivity index (χ1n) is 12.7. The van der Waals surface area contributed by atoms with Crippen molar-refractivity contribution in [2.24, 2.45) is 5.10 Å². The van der Waals surface area contributed by atoms with E-state index in [0.29, 0.717) is 21.5 Å². The first-order chi connectivity index (χ1) is 19.9. The number of nitrogens with zero attached hydrogens (tertiary/aromatic N) is 3. The minimum Gasteiger partial charge on any atom is -0.493 e. The Bertz CT molecular complexity index is 1730. The summed E-state index contributed by atoms with van der Waals surface area (Å²) in [6, 6.07) is 18.2. The molecule has 0 saturated heterocycles. The lowest BCUT2D eigenvalue weighted by atomic mass is 10.2. The van der Waals surface area contributed by atoms with E-state index in [9.17, 15) is 13.2 Å². The van der Waals surface area contributed by atoms with Crippen molar-refractivity contribution in [2.45, 2.75) is 25.7 Å². The number of hydrogen-bond acceptors (Lipinski definition) is 6. The summed E-state index contributed by atoms with van der Waals surface area (Å²) in [5.41, 5.74) is 7.00. The highest BCUT2D eigenvalue weighted by Gasteiger charge is 2.28. The maximum Gasteiger partial charge on any atom is 0.264 e. The number of ether oxygens (including phenoxy) is 2. The van der Waals surface area contributed by atoms with Gasteiger partial charge in [0.1, 0.15) is 6.54 Å². The van der Waals surface area contributed by atoms with Gasteiger partial charge in [0.15, 0.2) is 11.5 Å². The van der Waals surface area contributed by atoms with Crippen LogP contribution in [0.25, 0.3) is 5.69 Å². The molecule has 1 amide bonds. The van der Waals surface area contributed by atoms with Crippen LogP contribution in [-0.2, 0) is 14.8 Å². The Morgan fingerprint density at radius 1 is 0.929 bits per heavy atom. The largest absolute Gasteiger partial charge is 0.493 e. The third-order valence-corrected chi connectivity index (χ3v) is 8.73. The minimum absolute atomic E-state index is 0.0643. The van der Waals surface area contributed by atoms with Crippen LogP contribution in [0.4, 0.5) is 5.69 Å². The van der Waals surface area contributed by atoms with Crippen molar-refractivity contribution in [3.8, 4) is 17.2 Å². The van der Waals surface area contributed by atoms with Gasteiger partial charge in [-0.3, -0.25) is 9.10 Å². The van der Waals surface area contributed by atoms with Gasteiger partial charge in [0.05, 0.1) is 31.0 Å². The van der Waals surface area contributed by atoms with Gasteiger partial charge in [-0.05, 0) is 69.3 Å². The number of amides is 1. The molecule has 0 bridgehead atoms. The van der Waals surface area contributed by atoms with Crippen molar-refractivity contribution in [1.82, 2.24) is 9.99 Å². The average molecular weight is 630 g/mol. The van der Waals surface area contributed by atoms with Gasteiger partial charge in [-0.15, -0.1) is 0 Å². The van der Waals surface area contributed by atoms with Gasteiger partial charge >= 0.3 is 0 Å². The Labute approximate surface area is 255 Å². The average Bonchev–Trinajstić information content (AvgIpc) is 3.23. The topological polar surface area (TPSA) is 102 Å². The Kier molecular flexibility index (Phi) is 9.50. The molecule has 42 heavy (non-hydrogen) atoms. The first-order valence-corrected chi connectivity index (χ1v) is 14.9. The molecule has 12 heteroatoms. The highest BCUT2D eigenvalue weighted by Crippen LogP contribution is 2.32. The van der Waals surface area contributed by atoms with Crippen molar-refractivity contribution in [2.75, 3.05) is 25.1 Å². The Hall–Kier alpha value is -3.99. The molecular weight excluding hydrogens is 599 g/mol. The summed E-state index contributed by atoms with van der Waals surface area (Å²) < 4.78 is 41.1. The fourth-order valence-corrected chi connectivity index (χ4v) is 6.41. The summed E-state index contributed by atoms with van der Waals surface area (Å²) in [7, 11) is -1.31. The minimum atomic E-state index is -4.18. The zero-order valence-corrected chi connectivity index (χ0v) is 26.0. The number of rotatable bonds is 10. The fourth-order valence-electron chi connectivity index (χ4n) is 4.45. The molecule has 0 fully saturated rings. The second-order valence-corrected chi connectivity index (χ2v) is 12.2. The molecular formula is C30H30Cl2N4O5S. The van der Waals surface area contributed by atoms with Crippen molar-refractivity contribution < 1.29 is 22.7 Å². The van der Waals surface area contributed by atoms with Gasteiger partial charge in [0.2, 0.25) is 0 Å². The standard InChI is InChI=1S/C30H30Cl2N4O5S/c1-19-6-8-25(9-7-19)35(42(38,39)27-10-11-28(40-4)29(16-27)41-5)18-30(37)34-33-17-22-12-20(2)36(21(22)3)26-14-23(31)13-24(32)15-26/h6-17H,18H2,1-5H3,(H,34,37)/b33-17-. The number of aromatic nitrogens is 1. The molecule has 0 unspecified atom stereocenters. The zero-order chi connectivity index (χ0) is 30.6. The molecule has 4 aromatic rings. The molecule has 1 heterocycles. The van der Waals surface area contributed by atoms with Crippen LogP contribution in [0.15, 0.2) is 76.7 Å². The highest BCUT2D eigenvalue weighted by molar-refractivity contribution is 7.92. The second kappa shape index (κ2) is 12.9. The molecule has 0 spiro atoms. The number of halogens is 2. The lowest BCUT2D eigenvalue weighted by Crippen LogP contribution is -2.39. The van der Waals surface area contributed by atoms with E-state index in [1.807, 2.05) is 31.4 Å². The number of carbonyl (C=O) groups is 1. The number of hydrogen-bond donors (Lipinski definition) is 1. The third-order valence-electron chi connectivity index (χ3n) is 6.52. The smallest absolute Gasteiger partial charge is 0.264 e. The van der Waals surface area contributed by atoms with Gasteiger partial charge in [-0.25, -0.2) is 13.8 Å². The number of nitrogens with one attached hydrogen (secondary N) is 1. The number of aryl methyl sites for hydroxylation is 2. The summed E-state index contributed by atoms with van der Waals surface area (Å²) in [6.45, 7) is 5.20. The first kappa shape index (κ1) is 31.0. The number of methoxy groups -OCH3 is 2. The lowest BCUT2D eigenvalue weighted by molar-refractivity contribution is -0.119. The number of carbonyl (C=O) groups excluding carboxylic acids is 1. The lowest BCUT2D eigenvalue weighted by Gasteiger charge is -2.24. The molecule has 3 aromatic carbocycles. The van der Waals surface area contributed by atoms with E-state index in [-0.39, 0.29) is 10.6 Å². The van der Waals surface area contributed by atoms with Crippen LogP contribution in [-0.4, -0.2) is 45.9 Å². The quantitative estimate of drug-likeness (QED) is 0.170. The molecule has 220 valence electrons. The second-order valence-electron chi connectivity index (χ2n) is 9.45. The van der Waals surface area contributed by atoms with Crippen LogP contribution in [0.1, 0.15) is 22.5 Å². The van der Waals surface area contributed by atoms with E-state index >= 15 is 0 Å². The predicted molar refractivity (Wildman–Crippen MR) is 166 cm³/mol. The van der Waals surface area contributed by atoms with E-state index in [1.165, 1.54) is 38.6 Å². The molecule has 0 aliphatic carbocycles. The molecule has 0 aliphatic heterocycles. The Morgan fingerprint density at radius 3 is 2.19 bits per heavy atom. The monoisotopic (exact) mass is 628 g/mol. The van der Waals surface area contributed by atoms with Crippen LogP contribution >= 0.6 is 23.2 Å². The van der Waals surface area contributed by atoms with Crippen LogP contribution in [0.2, 0.25) is 10.0 Å².